The zero-order valence-electron chi connectivity index (χ0n) is 12.8. The zero-order chi connectivity index (χ0) is 15.6. The van der Waals surface area contributed by atoms with Gasteiger partial charge in [-0.1, -0.05) is 0 Å². The van der Waals surface area contributed by atoms with Crippen molar-refractivity contribution in [3.05, 3.63) is 18.0 Å². The van der Waals surface area contributed by atoms with Crippen LogP contribution in [0.3, 0.4) is 0 Å². The second-order valence-electron chi connectivity index (χ2n) is 6.00. The highest BCUT2D eigenvalue weighted by Gasteiger charge is 2.38. The SMILES string of the molecule is CCn1nccc1[C@@H]1OCC[C@H]1C(=O)NC[C@]1(O)CCSC1. The fourth-order valence-corrected chi connectivity index (χ4v) is 4.41. The summed E-state index contributed by atoms with van der Waals surface area (Å²) in [5.41, 5.74) is 0.204. The summed E-state index contributed by atoms with van der Waals surface area (Å²) in [4.78, 5) is 12.5. The van der Waals surface area contributed by atoms with Crippen LogP contribution in [0.25, 0.3) is 0 Å². The average molecular weight is 325 g/mol. The number of amides is 1. The van der Waals surface area contributed by atoms with Gasteiger partial charge in [-0.25, -0.2) is 0 Å². The first-order valence-electron chi connectivity index (χ1n) is 7.84. The van der Waals surface area contributed by atoms with Gasteiger partial charge in [-0.2, -0.15) is 16.9 Å². The van der Waals surface area contributed by atoms with Gasteiger partial charge >= 0.3 is 0 Å². The van der Waals surface area contributed by atoms with E-state index in [2.05, 4.69) is 10.4 Å². The summed E-state index contributed by atoms with van der Waals surface area (Å²) in [5.74, 6) is 1.41. The molecule has 3 heterocycles. The van der Waals surface area contributed by atoms with Crippen LogP contribution < -0.4 is 5.32 Å². The van der Waals surface area contributed by atoms with Gasteiger partial charge in [0.2, 0.25) is 5.91 Å². The zero-order valence-corrected chi connectivity index (χ0v) is 13.6. The Morgan fingerprint density at radius 3 is 3.27 bits per heavy atom. The van der Waals surface area contributed by atoms with Crippen LogP contribution in [0.5, 0.6) is 0 Å². The molecular formula is C15H23N3O3S. The Morgan fingerprint density at radius 2 is 2.55 bits per heavy atom. The van der Waals surface area contributed by atoms with E-state index in [9.17, 15) is 9.90 Å². The van der Waals surface area contributed by atoms with E-state index in [4.69, 9.17) is 4.74 Å². The third-order valence-corrected chi connectivity index (χ3v) is 5.68. The number of nitrogens with one attached hydrogen (secondary N) is 1. The highest BCUT2D eigenvalue weighted by Crippen LogP contribution is 2.35. The summed E-state index contributed by atoms with van der Waals surface area (Å²) >= 11 is 1.73. The van der Waals surface area contributed by atoms with Crippen LogP contribution in [-0.4, -0.2) is 51.1 Å². The number of thioether (sulfide) groups is 1. The maximum atomic E-state index is 12.5. The number of hydrogen-bond acceptors (Lipinski definition) is 5. The van der Waals surface area contributed by atoms with Crippen molar-refractivity contribution in [3.63, 3.8) is 0 Å². The average Bonchev–Trinajstić information content (AvgIpc) is 3.24. The van der Waals surface area contributed by atoms with Gasteiger partial charge in [-0.3, -0.25) is 9.48 Å². The van der Waals surface area contributed by atoms with Crippen LogP contribution in [0, 0.1) is 5.92 Å². The van der Waals surface area contributed by atoms with Gasteiger partial charge in [0, 0.05) is 31.6 Å². The summed E-state index contributed by atoms with van der Waals surface area (Å²) in [6.45, 7) is 3.69. The molecule has 2 fully saturated rings. The van der Waals surface area contributed by atoms with Gasteiger partial charge in [0.05, 0.1) is 17.2 Å². The van der Waals surface area contributed by atoms with E-state index in [1.54, 1.807) is 18.0 Å². The first-order valence-corrected chi connectivity index (χ1v) is 8.99. The highest BCUT2D eigenvalue weighted by molar-refractivity contribution is 7.99. The van der Waals surface area contributed by atoms with Crippen molar-refractivity contribution in [2.24, 2.45) is 5.92 Å². The van der Waals surface area contributed by atoms with E-state index in [1.165, 1.54) is 0 Å². The van der Waals surface area contributed by atoms with Crippen molar-refractivity contribution in [1.82, 2.24) is 15.1 Å². The molecule has 0 aliphatic carbocycles. The van der Waals surface area contributed by atoms with E-state index >= 15 is 0 Å². The van der Waals surface area contributed by atoms with Gasteiger partial charge in [0.1, 0.15) is 6.10 Å². The lowest BCUT2D eigenvalue weighted by molar-refractivity contribution is -0.128. The number of aliphatic hydroxyl groups is 1. The molecule has 0 saturated carbocycles. The molecule has 2 N–H and O–H groups in total. The molecule has 3 atom stereocenters. The van der Waals surface area contributed by atoms with E-state index in [0.29, 0.717) is 25.3 Å². The van der Waals surface area contributed by atoms with Crippen LogP contribution in [0.2, 0.25) is 0 Å². The van der Waals surface area contributed by atoms with Crippen molar-refractivity contribution in [1.29, 1.82) is 0 Å². The van der Waals surface area contributed by atoms with Crippen molar-refractivity contribution in [2.45, 2.75) is 38.0 Å². The first-order chi connectivity index (χ1) is 10.6. The van der Waals surface area contributed by atoms with E-state index in [0.717, 1.165) is 24.4 Å². The van der Waals surface area contributed by atoms with Crippen LogP contribution in [0.1, 0.15) is 31.6 Å². The van der Waals surface area contributed by atoms with Crippen LogP contribution in [0.15, 0.2) is 12.3 Å². The third kappa shape index (κ3) is 3.16. The molecule has 0 spiro atoms. The number of aromatic nitrogens is 2. The highest BCUT2D eigenvalue weighted by atomic mass is 32.2. The maximum absolute atomic E-state index is 12.5. The molecular weight excluding hydrogens is 302 g/mol. The minimum Gasteiger partial charge on any atom is -0.387 e. The normalized spacial score (nSPS) is 31.5. The van der Waals surface area contributed by atoms with Gasteiger partial charge in [-0.15, -0.1) is 0 Å². The Labute approximate surface area is 134 Å². The molecule has 2 aliphatic rings. The lowest BCUT2D eigenvalue weighted by atomic mass is 9.97. The predicted octanol–water partition coefficient (Wildman–Crippen LogP) is 0.965. The summed E-state index contributed by atoms with van der Waals surface area (Å²) in [6.07, 6.45) is 2.95. The molecule has 3 rings (SSSR count). The quantitative estimate of drug-likeness (QED) is 0.843. The number of carbonyl (C=O) groups is 1. The molecule has 0 unspecified atom stereocenters. The van der Waals surface area contributed by atoms with E-state index < -0.39 is 5.60 Å². The molecule has 7 heteroatoms. The number of rotatable bonds is 5. The fraction of sp³-hybridized carbons (Fsp3) is 0.733. The molecule has 0 bridgehead atoms. The van der Waals surface area contributed by atoms with Crippen molar-refractivity contribution < 1.29 is 14.6 Å². The lowest BCUT2D eigenvalue weighted by Gasteiger charge is -2.24. The van der Waals surface area contributed by atoms with Crippen molar-refractivity contribution in [2.75, 3.05) is 24.7 Å². The summed E-state index contributed by atoms with van der Waals surface area (Å²) in [6, 6.07) is 1.92. The van der Waals surface area contributed by atoms with Gasteiger partial charge in [0.15, 0.2) is 0 Å². The summed E-state index contributed by atoms with van der Waals surface area (Å²) in [5, 5.41) is 17.5. The smallest absolute Gasteiger partial charge is 0.226 e. The Kier molecular flexibility index (Phi) is 4.75. The van der Waals surface area contributed by atoms with E-state index in [1.807, 2.05) is 17.7 Å². The molecule has 1 aromatic heterocycles. The largest absolute Gasteiger partial charge is 0.387 e. The predicted molar refractivity (Wildman–Crippen MR) is 84.6 cm³/mol. The molecule has 1 amide bonds. The first kappa shape index (κ1) is 15.8. The minimum absolute atomic E-state index is 0.0309. The standard InChI is InChI=1S/C15H23N3O3S/c1-2-18-12(3-6-17-18)13-11(4-7-21-13)14(19)16-9-15(20)5-8-22-10-15/h3,6,11,13,20H,2,4-5,7-10H2,1H3,(H,16,19)/t11-,13-,15-/m1/s1. The van der Waals surface area contributed by atoms with Gasteiger partial charge in [0.25, 0.3) is 0 Å². The van der Waals surface area contributed by atoms with Crippen LogP contribution >= 0.6 is 11.8 Å². The van der Waals surface area contributed by atoms with Gasteiger partial charge < -0.3 is 15.2 Å². The molecule has 22 heavy (non-hydrogen) atoms. The second kappa shape index (κ2) is 6.60. The fourth-order valence-electron chi connectivity index (χ4n) is 3.12. The van der Waals surface area contributed by atoms with Gasteiger partial charge in [-0.05, 0) is 31.6 Å². The summed E-state index contributed by atoms with van der Waals surface area (Å²) < 4.78 is 7.65. The number of hydrogen-bond donors (Lipinski definition) is 2. The summed E-state index contributed by atoms with van der Waals surface area (Å²) in [7, 11) is 0. The van der Waals surface area contributed by atoms with Crippen LogP contribution in [-0.2, 0) is 16.1 Å². The minimum atomic E-state index is -0.750. The lowest BCUT2D eigenvalue weighted by Crippen LogP contribution is -2.45. The molecule has 0 aromatic carbocycles. The maximum Gasteiger partial charge on any atom is 0.226 e. The molecule has 2 saturated heterocycles. The Balaban J connectivity index is 1.64. The molecule has 6 nitrogen and oxygen atoms in total. The Bertz CT molecular complexity index is 528. The third-order valence-electron chi connectivity index (χ3n) is 4.44. The number of aryl methyl sites for hydroxylation is 1. The number of nitrogens with zero attached hydrogens (tertiary/aromatic N) is 2. The topological polar surface area (TPSA) is 76.4 Å². The van der Waals surface area contributed by atoms with Crippen LogP contribution in [0.4, 0.5) is 0 Å². The molecule has 122 valence electrons. The molecule has 2 aliphatic heterocycles. The monoisotopic (exact) mass is 325 g/mol. The Morgan fingerprint density at radius 1 is 1.68 bits per heavy atom. The number of carbonyl (C=O) groups excluding carboxylic acids is 1. The van der Waals surface area contributed by atoms with Crippen molar-refractivity contribution in [3.8, 4) is 0 Å². The Hall–Kier alpha value is -1.05. The molecule has 0 radical (unpaired) electrons. The number of ether oxygens (including phenoxy) is 1. The molecule has 1 aromatic rings. The second-order valence-corrected chi connectivity index (χ2v) is 7.11. The van der Waals surface area contributed by atoms with Crippen molar-refractivity contribution >= 4 is 17.7 Å². The van der Waals surface area contributed by atoms with E-state index in [-0.39, 0.29) is 17.9 Å².